The Bertz CT molecular complexity index is 1040. The molecular formula is C22H22BrCl2NO3. The van der Waals surface area contributed by atoms with Crippen molar-refractivity contribution in [3.05, 3.63) is 61.7 Å². The van der Waals surface area contributed by atoms with Gasteiger partial charge in [-0.3, -0.25) is 4.79 Å². The summed E-state index contributed by atoms with van der Waals surface area (Å²) in [6.45, 7) is 4.91. The first-order chi connectivity index (χ1) is 13.8. The van der Waals surface area contributed by atoms with Gasteiger partial charge in [-0.05, 0) is 77.5 Å². The van der Waals surface area contributed by atoms with E-state index in [2.05, 4.69) is 15.9 Å². The number of aryl methyl sites for hydroxylation is 4. The summed E-state index contributed by atoms with van der Waals surface area (Å²) >= 11 is 16.0. The van der Waals surface area contributed by atoms with Gasteiger partial charge >= 0.3 is 5.97 Å². The van der Waals surface area contributed by atoms with Gasteiger partial charge in [-0.15, -0.1) is 0 Å². The first-order valence-electron chi connectivity index (χ1n) is 9.35. The molecule has 0 saturated carbocycles. The monoisotopic (exact) mass is 497 g/mol. The third kappa shape index (κ3) is 5.08. The van der Waals surface area contributed by atoms with Gasteiger partial charge in [0.15, 0.2) is 0 Å². The molecule has 0 aliphatic heterocycles. The van der Waals surface area contributed by atoms with Gasteiger partial charge in [0.25, 0.3) is 0 Å². The first-order valence-corrected chi connectivity index (χ1v) is 10.9. The topological polar surface area (TPSA) is 51.5 Å². The predicted octanol–water partition coefficient (Wildman–Crippen LogP) is 6.81. The van der Waals surface area contributed by atoms with Crippen LogP contribution in [0.3, 0.4) is 0 Å². The molecule has 0 atom stereocenters. The van der Waals surface area contributed by atoms with Crippen LogP contribution >= 0.6 is 39.1 Å². The molecule has 0 unspecified atom stereocenters. The minimum absolute atomic E-state index is 0.0561. The molecule has 4 nitrogen and oxygen atoms in total. The second-order valence-corrected chi connectivity index (χ2v) is 8.65. The molecule has 0 fully saturated rings. The van der Waals surface area contributed by atoms with E-state index < -0.39 is 5.97 Å². The molecular weight excluding hydrogens is 477 g/mol. The van der Waals surface area contributed by atoms with Crippen molar-refractivity contribution in [2.45, 2.75) is 39.7 Å². The van der Waals surface area contributed by atoms with E-state index in [9.17, 15) is 4.79 Å². The fraction of sp³-hybridized carbons (Fsp3) is 0.318. The summed E-state index contributed by atoms with van der Waals surface area (Å²) in [6.07, 6.45) is 3.72. The van der Waals surface area contributed by atoms with E-state index in [4.69, 9.17) is 33.0 Å². The smallest absolute Gasteiger partial charge is 0.305 e. The highest BCUT2D eigenvalue weighted by atomic mass is 79.9. The number of halogens is 3. The average molecular weight is 499 g/mol. The zero-order valence-corrected chi connectivity index (χ0v) is 19.4. The van der Waals surface area contributed by atoms with E-state index in [1.165, 1.54) is 0 Å². The molecule has 1 heterocycles. The number of fused-ring (bicyclic) bond motifs is 1. The van der Waals surface area contributed by atoms with Gasteiger partial charge in [-0.1, -0.05) is 29.3 Å². The summed E-state index contributed by atoms with van der Waals surface area (Å²) in [4.78, 5) is 11.0. The average Bonchev–Trinajstić information content (AvgIpc) is 3.02. The van der Waals surface area contributed by atoms with Crippen molar-refractivity contribution in [3.63, 3.8) is 0 Å². The van der Waals surface area contributed by atoms with Crippen LogP contribution in [-0.4, -0.2) is 22.2 Å². The number of carboxylic acids is 1. The zero-order chi connectivity index (χ0) is 21.1. The molecule has 0 radical (unpaired) electrons. The Morgan fingerprint density at radius 3 is 2.55 bits per heavy atom. The van der Waals surface area contributed by atoms with Gasteiger partial charge in [-0.2, -0.15) is 0 Å². The lowest BCUT2D eigenvalue weighted by atomic mass is 10.1. The van der Waals surface area contributed by atoms with Gasteiger partial charge in [0.05, 0.1) is 28.0 Å². The number of ether oxygens (including phenoxy) is 1. The largest absolute Gasteiger partial charge is 0.494 e. The standard InChI is InChI=1S/C22H22BrCl2NO3/c1-13-10-16(11-14(2)21(13)25)29-9-3-4-15-12-26(8-7-19(27)28)22-17(15)5-6-18(24)20(22)23/h5-6,10-12H,3-4,7-9H2,1-2H3,(H,27,28). The van der Waals surface area contributed by atoms with Crippen LogP contribution in [0, 0.1) is 13.8 Å². The van der Waals surface area contributed by atoms with E-state index in [1.54, 1.807) is 0 Å². The highest BCUT2D eigenvalue weighted by Crippen LogP contribution is 2.35. The highest BCUT2D eigenvalue weighted by Gasteiger charge is 2.14. The van der Waals surface area contributed by atoms with Crippen LogP contribution in [0.5, 0.6) is 5.75 Å². The summed E-state index contributed by atoms with van der Waals surface area (Å²) in [7, 11) is 0. The maximum Gasteiger partial charge on any atom is 0.305 e. The van der Waals surface area contributed by atoms with Crippen LogP contribution in [-0.2, 0) is 17.8 Å². The van der Waals surface area contributed by atoms with Crippen molar-refractivity contribution < 1.29 is 14.6 Å². The number of nitrogens with zero attached hydrogens (tertiary/aromatic N) is 1. The first kappa shape index (κ1) is 22.0. The minimum atomic E-state index is -0.825. The van der Waals surface area contributed by atoms with Gasteiger partial charge in [-0.25, -0.2) is 0 Å². The van der Waals surface area contributed by atoms with Crippen molar-refractivity contribution in [2.24, 2.45) is 0 Å². The Labute approximate surface area is 188 Å². The molecule has 0 bridgehead atoms. The van der Waals surface area contributed by atoms with E-state index in [-0.39, 0.29) is 6.42 Å². The van der Waals surface area contributed by atoms with E-state index in [1.807, 2.05) is 48.9 Å². The summed E-state index contributed by atoms with van der Waals surface area (Å²) in [5, 5.41) is 11.5. The number of hydrogen-bond donors (Lipinski definition) is 1. The number of hydrogen-bond acceptors (Lipinski definition) is 2. The SMILES string of the molecule is Cc1cc(OCCCc2cn(CCC(=O)O)c3c(Br)c(Cl)ccc23)cc(C)c1Cl. The lowest BCUT2D eigenvalue weighted by molar-refractivity contribution is -0.137. The van der Waals surface area contributed by atoms with Crippen molar-refractivity contribution in [2.75, 3.05) is 6.61 Å². The second kappa shape index (κ2) is 9.41. The van der Waals surface area contributed by atoms with Crippen LogP contribution in [0.15, 0.2) is 34.9 Å². The highest BCUT2D eigenvalue weighted by molar-refractivity contribution is 9.10. The Balaban J connectivity index is 1.73. The minimum Gasteiger partial charge on any atom is -0.494 e. The van der Waals surface area contributed by atoms with E-state index >= 15 is 0 Å². The van der Waals surface area contributed by atoms with Gasteiger partial charge in [0, 0.05) is 23.2 Å². The molecule has 1 aromatic heterocycles. The summed E-state index contributed by atoms with van der Waals surface area (Å²) < 4.78 is 8.66. The second-order valence-electron chi connectivity index (χ2n) is 7.07. The van der Waals surface area contributed by atoms with Gasteiger partial charge < -0.3 is 14.4 Å². The number of rotatable bonds is 8. The molecule has 3 aromatic rings. The molecule has 0 aliphatic rings. The molecule has 0 spiro atoms. The van der Waals surface area contributed by atoms with Crippen LogP contribution in [0.4, 0.5) is 0 Å². The molecule has 0 aliphatic carbocycles. The van der Waals surface area contributed by atoms with Crippen molar-refractivity contribution >= 4 is 56.0 Å². The lowest BCUT2D eigenvalue weighted by Gasteiger charge is -2.10. The van der Waals surface area contributed by atoms with Crippen molar-refractivity contribution in [1.82, 2.24) is 4.57 Å². The van der Waals surface area contributed by atoms with Crippen molar-refractivity contribution in [3.8, 4) is 5.75 Å². The van der Waals surface area contributed by atoms with E-state index in [0.717, 1.165) is 55.7 Å². The normalized spacial score (nSPS) is 11.2. The number of carbonyl (C=O) groups is 1. The van der Waals surface area contributed by atoms with Crippen LogP contribution in [0.2, 0.25) is 10.0 Å². The molecule has 3 rings (SSSR count). The third-order valence-corrected chi connectivity index (χ3v) is 6.79. The fourth-order valence-corrected chi connectivity index (χ4v) is 4.27. The van der Waals surface area contributed by atoms with Crippen LogP contribution < -0.4 is 4.74 Å². The summed E-state index contributed by atoms with van der Waals surface area (Å²) in [6, 6.07) is 7.75. The molecule has 0 amide bonds. The maximum atomic E-state index is 11.0. The molecule has 1 N–H and O–H groups in total. The summed E-state index contributed by atoms with van der Waals surface area (Å²) in [5.74, 6) is -0.00341. The molecule has 0 saturated heterocycles. The van der Waals surface area contributed by atoms with Crippen molar-refractivity contribution in [1.29, 1.82) is 0 Å². The molecule has 2 aromatic carbocycles. The lowest BCUT2D eigenvalue weighted by Crippen LogP contribution is -2.03. The number of aromatic nitrogens is 1. The fourth-order valence-electron chi connectivity index (χ4n) is 3.44. The Kier molecular flexibility index (Phi) is 7.14. The van der Waals surface area contributed by atoms with Gasteiger partial charge in [0.1, 0.15) is 5.75 Å². The Morgan fingerprint density at radius 1 is 1.21 bits per heavy atom. The predicted molar refractivity (Wildman–Crippen MR) is 122 cm³/mol. The molecule has 29 heavy (non-hydrogen) atoms. The molecule has 154 valence electrons. The Hall–Kier alpha value is -1.69. The van der Waals surface area contributed by atoms with Crippen LogP contribution in [0.25, 0.3) is 10.9 Å². The number of aliphatic carboxylic acids is 1. The number of carboxylic acid groups (broad SMARTS) is 1. The molecule has 7 heteroatoms. The van der Waals surface area contributed by atoms with Crippen LogP contribution in [0.1, 0.15) is 29.5 Å². The maximum absolute atomic E-state index is 11.0. The Morgan fingerprint density at radius 2 is 1.90 bits per heavy atom. The van der Waals surface area contributed by atoms with E-state index in [0.29, 0.717) is 18.2 Å². The number of benzene rings is 2. The summed E-state index contributed by atoms with van der Waals surface area (Å²) in [5.41, 5.74) is 4.09. The van der Waals surface area contributed by atoms with Gasteiger partial charge in [0.2, 0.25) is 0 Å². The third-order valence-electron chi connectivity index (χ3n) is 4.85. The quantitative estimate of drug-likeness (QED) is 0.347. The zero-order valence-electron chi connectivity index (χ0n) is 16.3.